The SMILES string of the molecule is CCC(C)c1cccc(Nc2cc(N(C)C)nc(N3C[C@@H](C)O[C@@H](C)C3)n2)c1. The van der Waals surface area contributed by atoms with E-state index < -0.39 is 0 Å². The van der Waals surface area contributed by atoms with Crippen LogP contribution in [-0.4, -0.2) is 49.4 Å². The highest BCUT2D eigenvalue weighted by atomic mass is 16.5. The van der Waals surface area contributed by atoms with Crippen molar-refractivity contribution in [3.8, 4) is 0 Å². The summed E-state index contributed by atoms with van der Waals surface area (Å²) < 4.78 is 5.86. The van der Waals surface area contributed by atoms with Gasteiger partial charge in [-0.3, -0.25) is 0 Å². The first-order valence-corrected chi connectivity index (χ1v) is 10.2. The molecule has 1 aromatic carbocycles. The first-order valence-electron chi connectivity index (χ1n) is 10.2. The Hall–Kier alpha value is -2.34. The smallest absolute Gasteiger partial charge is 0.229 e. The predicted molar refractivity (Wildman–Crippen MR) is 117 cm³/mol. The van der Waals surface area contributed by atoms with E-state index in [2.05, 4.69) is 62.2 Å². The summed E-state index contributed by atoms with van der Waals surface area (Å²) in [7, 11) is 4.01. The highest BCUT2D eigenvalue weighted by molar-refractivity contribution is 5.62. The van der Waals surface area contributed by atoms with E-state index in [9.17, 15) is 0 Å². The van der Waals surface area contributed by atoms with Crippen LogP contribution in [0.1, 0.15) is 45.6 Å². The first kappa shape index (κ1) is 20.4. The quantitative estimate of drug-likeness (QED) is 0.797. The van der Waals surface area contributed by atoms with Gasteiger partial charge in [-0.05, 0) is 43.9 Å². The van der Waals surface area contributed by atoms with Crippen LogP contribution in [0.5, 0.6) is 0 Å². The molecule has 1 aromatic heterocycles. The number of morpholine rings is 1. The number of anilines is 4. The summed E-state index contributed by atoms with van der Waals surface area (Å²) in [5.74, 6) is 2.98. The van der Waals surface area contributed by atoms with E-state index in [1.54, 1.807) is 0 Å². The number of aromatic nitrogens is 2. The first-order chi connectivity index (χ1) is 13.4. The Bertz CT molecular complexity index is 784. The molecule has 6 heteroatoms. The van der Waals surface area contributed by atoms with Crippen LogP contribution in [0.15, 0.2) is 30.3 Å². The van der Waals surface area contributed by atoms with Crippen LogP contribution in [0.3, 0.4) is 0 Å². The van der Waals surface area contributed by atoms with Gasteiger partial charge >= 0.3 is 0 Å². The lowest BCUT2D eigenvalue weighted by atomic mass is 9.98. The molecule has 0 amide bonds. The van der Waals surface area contributed by atoms with E-state index in [1.807, 2.05) is 25.1 Å². The molecule has 2 heterocycles. The maximum atomic E-state index is 5.86. The lowest BCUT2D eigenvalue weighted by Gasteiger charge is -2.35. The van der Waals surface area contributed by atoms with Gasteiger partial charge in [-0.2, -0.15) is 9.97 Å². The fourth-order valence-corrected chi connectivity index (χ4v) is 3.50. The topological polar surface area (TPSA) is 53.5 Å². The van der Waals surface area contributed by atoms with Crippen LogP contribution < -0.4 is 15.1 Å². The Kier molecular flexibility index (Phi) is 6.39. The summed E-state index contributed by atoms with van der Waals surface area (Å²) in [6, 6.07) is 10.6. The zero-order valence-corrected chi connectivity index (χ0v) is 17.9. The second-order valence-corrected chi connectivity index (χ2v) is 8.03. The predicted octanol–water partition coefficient (Wildman–Crippen LogP) is 4.41. The molecule has 0 aliphatic carbocycles. The molecular weight excluding hydrogens is 350 g/mol. The maximum absolute atomic E-state index is 5.86. The summed E-state index contributed by atoms with van der Waals surface area (Å²) in [4.78, 5) is 13.8. The molecule has 152 valence electrons. The Balaban J connectivity index is 1.89. The fraction of sp³-hybridized carbons (Fsp3) is 0.545. The Morgan fingerprint density at radius 2 is 1.89 bits per heavy atom. The van der Waals surface area contributed by atoms with Gasteiger partial charge in [0, 0.05) is 38.9 Å². The Morgan fingerprint density at radius 3 is 2.54 bits per heavy atom. The molecule has 2 aromatic rings. The third-order valence-corrected chi connectivity index (χ3v) is 5.20. The van der Waals surface area contributed by atoms with Crippen molar-refractivity contribution in [1.82, 2.24) is 9.97 Å². The van der Waals surface area contributed by atoms with E-state index in [1.165, 1.54) is 5.56 Å². The minimum atomic E-state index is 0.166. The minimum absolute atomic E-state index is 0.166. The second-order valence-electron chi connectivity index (χ2n) is 8.03. The van der Waals surface area contributed by atoms with Gasteiger partial charge in [0.25, 0.3) is 0 Å². The minimum Gasteiger partial charge on any atom is -0.372 e. The lowest BCUT2D eigenvalue weighted by Crippen LogP contribution is -2.46. The molecule has 3 atom stereocenters. The van der Waals surface area contributed by atoms with Gasteiger partial charge in [-0.1, -0.05) is 26.0 Å². The van der Waals surface area contributed by atoms with Crippen molar-refractivity contribution < 1.29 is 4.74 Å². The molecule has 28 heavy (non-hydrogen) atoms. The van der Waals surface area contributed by atoms with Crippen LogP contribution in [0, 0.1) is 0 Å². The zero-order chi connectivity index (χ0) is 20.3. The third kappa shape index (κ3) is 4.93. The molecule has 0 radical (unpaired) electrons. The molecule has 0 spiro atoms. The molecule has 0 bridgehead atoms. The average Bonchev–Trinajstić information content (AvgIpc) is 2.66. The average molecular weight is 384 g/mol. The van der Waals surface area contributed by atoms with Crippen LogP contribution in [0.4, 0.5) is 23.3 Å². The number of hydrogen-bond acceptors (Lipinski definition) is 6. The van der Waals surface area contributed by atoms with Gasteiger partial charge in [0.05, 0.1) is 12.2 Å². The van der Waals surface area contributed by atoms with Crippen LogP contribution in [0.25, 0.3) is 0 Å². The molecule has 6 nitrogen and oxygen atoms in total. The largest absolute Gasteiger partial charge is 0.372 e. The molecule has 0 saturated carbocycles. The molecule has 3 rings (SSSR count). The van der Waals surface area contributed by atoms with Crippen LogP contribution in [-0.2, 0) is 4.74 Å². The second kappa shape index (κ2) is 8.78. The molecule has 1 unspecified atom stereocenters. The van der Waals surface area contributed by atoms with Crippen LogP contribution in [0.2, 0.25) is 0 Å². The normalized spacial score (nSPS) is 20.7. The van der Waals surface area contributed by atoms with Gasteiger partial charge in [-0.25, -0.2) is 0 Å². The van der Waals surface area contributed by atoms with Crippen molar-refractivity contribution in [1.29, 1.82) is 0 Å². The van der Waals surface area contributed by atoms with E-state index in [0.29, 0.717) is 5.92 Å². The van der Waals surface area contributed by atoms with E-state index in [-0.39, 0.29) is 12.2 Å². The van der Waals surface area contributed by atoms with Crippen LogP contribution >= 0.6 is 0 Å². The summed E-state index contributed by atoms with van der Waals surface area (Å²) in [5, 5.41) is 3.48. The Morgan fingerprint density at radius 1 is 1.18 bits per heavy atom. The summed E-state index contributed by atoms with van der Waals surface area (Å²) in [5.41, 5.74) is 2.39. The third-order valence-electron chi connectivity index (χ3n) is 5.20. The molecular formula is C22H33N5O. The standard InChI is InChI=1S/C22H33N5O/c1-7-15(2)18-9-8-10-19(11-18)23-20-12-21(26(5)6)25-22(24-20)27-13-16(3)28-17(4)14-27/h8-12,15-17H,7,13-14H2,1-6H3,(H,23,24,25)/t15?,16-,17+. The molecule has 1 saturated heterocycles. The van der Waals surface area contributed by atoms with Gasteiger partial charge in [0.2, 0.25) is 5.95 Å². The van der Waals surface area contributed by atoms with Gasteiger partial charge in [0.1, 0.15) is 11.6 Å². The van der Waals surface area contributed by atoms with Crippen molar-refractivity contribution in [2.75, 3.05) is 42.3 Å². The molecule has 1 fully saturated rings. The van der Waals surface area contributed by atoms with Crippen molar-refractivity contribution in [2.45, 2.75) is 52.2 Å². The number of ether oxygens (including phenoxy) is 1. The van der Waals surface area contributed by atoms with E-state index >= 15 is 0 Å². The number of hydrogen-bond donors (Lipinski definition) is 1. The number of nitrogens with zero attached hydrogens (tertiary/aromatic N) is 4. The number of nitrogens with one attached hydrogen (secondary N) is 1. The number of benzene rings is 1. The van der Waals surface area contributed by atoms with Crippen molar-refractivity contribution in [2.24, 2.45) is 0 Å². The van der Waals surface area contributed by atoms with Crippen molar-refractivity contribution >= 4 is 23.3 Å². The van der Waals surface area contributed by atoms with E-state index in [4.69, 9.17) is 14.7 Å². The van der Waals surface area contributed by atoms with Crippen molar-refractivity contribution in [3.63, 3.8) is 0 Å². The molecule has 1 aliphatic rings. The van der Waals surface area contributed by atoms with Gasteiger partial charge in [0.15, 0.2) is 0 Å². The van der Waals surface area contributed by atoms with E-state index in [0.717, 1.165) is 42.8 Å². The fourth-order valence-electron chi connectivity index (χ4n) is 3.50. The summed E-state index contributed by atoms with van der Waals surface area (Å²) >= 11 is 0. The van der Waals surface area contributed by atoms with Gasteiger partial charge in [-0.15, -0.1) is 0 Å². The zero-order valence-electron chi connectivity index (χ0n) is 17.9. The molecule has 1 N–H and O–H groups in total. The van der Waals surface area contributed by atoms with Crippen molar-refractivity contribution in [3.05, 3.63) is 35.9 Å². The maximum Gasteiger partial charge on any atom is 0.229 e. The molecule has 1 aliphatic heterocycles. The number of rotatable bonds is 6. The lowest BCUT2D eigenvalue weighted by molar-refractivity contribution is -0.00570. The summed E-state index contributed by atoms with van der Waals surface area (Å²) in [6.07, 6.45) is 1.46. The Labute approximate surface area is 168 Å². The monoisotopic (exact) mass is 383 g/mol. The summed E-state index contributed by atoms with van der Waals surface area (Å²) in [6.45, 7) is 10.3. The van der Waals surface area contributed by atoms with Gasteiger partial charge < -0.3 is 19.9 Å². The highest BCUT2D eigenvalue weighted by Gasteiger charge is 2.25. The highest BCUT2D eigenvalue weighted by Crippen LogP contribution is 2.26.